The highest BCUT2D eigenvalue weighted by molar-refractivity contribution is 5.90. The lowest BCUT2D eigenvalue weighted by molar-refractivity contribution is -0.124. The van der Waals surface area contributed by atoms with Gasteiger partial charge in [0.2, 0.25) is 0 Å². The highest BCUT2D eigenvalue weighted by atomic mass is 16.5. The Balaban J connectivity index is 0. The third-order valence-electron chi connectivity index (χ3n) is 3.22. The quantitative estimate of drug-likeness (QED) is 0.251. The molecule has 0 spiro atoms. The molecule has 0 saturated heterocycles. The van der Waals surface area contributed by atoms with E-state index in [0.29, 0.717) is 0 Å². The summed E-state index contributed by atoms with van der Waals surface area (Å²) in [6.45, 7) is 9.96. The van der Waals surface area contributed by atoms with Crippen molar-refractivity contribution in [1.82, 2.24) is 15.4 Å². The lowest BCUT2D eigenvalue weighted by Gasteiger charge is -2.00. The molecule has 1 aromatic carbocycles. The van der Waals surface area contributed by atoms with Gasteiger partial charge in [-0.25, -0.2) is 10.5 Å². The normalized spacial score (nSPS) is 9.93. The molecule has 0 aliphatic heterocycles. The van der Waals surface area contributed by atoms with Crippen LogP contribution < -0.4 is 5.48 Å². The minimum atomic E-state index is -0.550. The van der Waals surface area contributed by atoms with Gasteiger partial charge in [0.05, 0.1) is 11.9 Å². The highest BCUT2D eigenvalue weighted by Gasteiger charge is 2.00. The van der Waals surface area contributed by atoms with Crippen molar-refractivity contribution < 1.29 is 15.1 Å². The fourth-order valence-corrected chi connectivity index (χ4v) is 1.88. The molecule has 6 heteroatoms. The second-order valence-corrected chi connectivity index (χ2v) is 5.18. The van der Waals surface area contributed by atoms with Gasteiger partial charge in [-0.1, -0.05) is 56.3 Å². The van der Waals surface area contributed by atoms with Crippen LogP contribution in [0.15, 0.2) is 54.8 Å². The van der Waals surface area contributed by atoms with Crippen molar-refractivity contribution in [1.29, 1.82) is 0 Å². The molecule has 0 aliphatic carbocycles. The molecule has 0 atom stereocenters. The van der Waals surface area contributed by atoms with E-state index in [0.717, 1.165) is 36.2 Å². The maximum Gasteiger partial charge on any atom is 0.267 e. The fourth-order valence-electron chi connectivity index (χ4n) is 1.88. The van der Waals surface area contributed by atoms with Crippen LogP contribution in [0.4, 0.5) is 0 Å². The van der Waals surface area contributed by atoms with E-state index in [-0.39, 0.29) is 0 Å². The molecule has 0 aliphatic rings. The first kappa shape index (κ1) is 28.3. The number of rotatable bonds is 5. The zero-order chi connectivity index (χ0) is 22.5. The predicted octanol–water partition coefficient (Wildman–Crippen LogP) is 4.77. The lowest BCUT2D eigenvalue weighted by atomic mass is 10.1. The SMILES string of the molecule is C/C=C/c1cnc(Cc2ccc(/C=C/C(=O)NO)cc2)[nH]1.C/C=C\C.CC.CO. The number of H-pyrrole nitrogens is 1. The van der Waals surface area contributed by atoms with Gasteiger partial charge in [-0.3, -0.25) is 10.0 Å². The zero-order valence-corrected chi connectivity index (χ0v) is 18.3. The third-order valence-corrected chi connectivity index (χ3v) is 3.22. The molecule has 6 nitrogen and oxygen atoms in total. The van der Waals surface area contributed by atoms with Crippen molar-refractivity contribution in [2.24, 2.45) is 0 Å². The summed E-state index contributed by atoms with van der Waals surface area (Å²) in [6.07, 6.45) is 13.4. The molecular formula is C23H35N3O3. The fraction of sp³-hybridized carbons (Fsp3) is 0.304. The molecule has 2 aromatic rings. The van der Waals surface area contributed by atoms with Crippen LogP contribution in [0.2, 0.25) is 0 Å². The van der Waals surface area contributed by atoms with Crippen LogP contribution in [0.3, 0.4) is 0 Å². The Bertz CT molecular complexity index is 726. The van der Waals surface area contributed by atoms with Crippen molar-refractivity contribution in [3.05, 3.63) is 77.4 Å². The maximum atomic E-state index is 10.9. The molecule has 4 N–H and O–H groups in total. The Morgan fingerprint density at radius 1 is 1.03 bits per heavy atom. The Kier molecular flexibility index (Phi) is 19.3. The number of nitrogens with one attached hydrogen (secondary N) is 2. The third kappa shape index (κ3) is 13.8. The van der Waals surface area contributed by atoms with E-state index >= 15 is 0 Å². The molecular weight excluding hydrogens is 366 g/mol. The Morgan fingerprint density at radius 2 is 1.62 bits per heavy atom. The molecule has 1 heterocycles. The van der Waals surface area contributed by atoms with E-state index in [1.807, 2.05) is 83.2 Å². The number of imidazole rings is 1. The number of aliphatic hydroxyl groups is 1. The molecule has 29 heavy (non-hydrogen) atoms. The standard InChI is InChI=1S/C16H17N3O2.C4H8.C2H6.CH4O/c1-2-3-14-11-17-15(18-14)10-13-6-4-12(5-7-13)8-9-16(20)19-21;1-3-4-2;2*1-2/h2-9,11,21H,10H2,1H3,(H,17,18)(H,19,20);3-4H,1-2H3;1-2H3;2H,1H3/b3-2+,9-8+;4-3-;;. The molecule has 160 valence electrons. The Hall–Kier alpha value is -2.96. The summed E-state index contributed by atoms with van der Waals surface area (Å²) in [6, 6.07) is 7.78. The van der Waals surface area contributed by atoms with Gasteiger partial charge >= 0.3 is 0 Å². The van der Waals surface area contributed by atoms with E-state index < -0.39 is 5.91 Å². The number of carbonyl (C=O) groups is 1. The minimum Gasteiger partial charge on any atom is -0.400 e. The first-order valence-corrected chi connectivity index (χ1v) is 9.52. The smallest absolute Gasteiger partial charge is 0.267 e. The van der Waals surface area contributed by atoms with Gasteiger partial charge < -0.3 is 10.1 Å². The second kappa shape index (κ2) is 19.8. The minimum absolute atomic E-state index is 0.550. The summed E-state index contributed by atoms with van der Waals surface area (Å²) in [5, 5.41) is 15.4. The van der Waals surface area contributed by atoms with Gasteiger partial charge in [0.15, 0.2) is 0 Å². The maximum absolute atomic E-state index is 10.9. The summed E-state index contributed by atoms with van der Waals surface area (Å²) >= 11 is 0. The average Bonchev–Trinajstić information content (AvgIpc) is 3.23. The monoisotopic (exact) mass is 401 g/mol. The van der Waals surface area contributed by atoms with Crippen molar-refractivity contribution in [3.63, 3.8) is 0 Å². The molecule has 0 fully saturated rings. The number of hydrogen-bond acceptors (Lipinski definition) is 4. The molecule has 1 aromatic heterocycles. The van der Waals surface area contributed by atoms with Crippen molar-refractivity contribution in [3.8, 4) is 0 Å². The van der Waals surface area contributed by atoms with Gasteiger partial charge in [-0.15, -0.1) is 0 Å². The second-order valence-electron chi connectivity index (χ2n) is 5.18. The molecule has 1 amide bonds. The molecule has 0 bridgehead atoms. The Labute approximate surface area is 174 Å². The van der Waals surface area contributed by atoms with Gasteiger partial charge in [-0.05, 0) is 44.1 Å². The number of amides is 1. The van der Waals surface area contributed by atoms with E-state index in [4.69, 9.17) is 10.3 Å². The van der Waals surface area contributed by atoms with Crippen LogP contribution >= 0.6 is 0 Å². The van der Waals surface area contributed by atoms with Crippen LogP contribution in [0, 0.1) is 0 Å². The molecule has 2 rings (SSSR count). The number of carbonyl (C=O) groups excluding carboxylic acids is 1. The first-order chi connectivity index (χ1) is 14.1. The van der Waals surface area contributed by atoms with E-state index in [1.165, 1.54) is 6.08 Å². The summed E-state index contributed by atoms with van der Waals surface area (Å²) in [5.74, 6) is 0.359. The summed E-state index contributed by atoms with van der Waals surface area (Å²) in [5.41, 5.74) is 4.55. The molecule has 0 radical (unpaired) electrons. The number of hydroxylamine groups is 1. The number of allylic oxidation sites excluding steroid dienone is 3. The summed E-state index contributed by atoms with van der Waals surface area (Å²) in [7, 11) is 1.00. The van der Waals surface area contributed by atoms with Crippen LogP contribution in [0.1, 0.15) is 57.3 Å². The molecule has 0 saturated carbocycles. The van der Waals surface area contributed by atoms with Crippen LogP contribution in [0.5, 0.6) is 0 Å². The molecule has 0 unspecified atom stereocenters. The summed E-state index contributed by atoms with van der Waals surface area (Å²) < 4.78 is 0. The summed E-state index contributed by atoms with van der Waals surface area (Å²) in [4.78, 5) is 18.4. The van der Waals surface area contributed by atoms with E-state index in [9.17, 15) is 4.79 Å². The van der Waals surface area contributed by atoms with Crippen LogP contribution in [0.25, 0.3) is 12.2 Å². The van der Waals surface area contributed by atoms with Gasteiger partial charge in [0, 0.05) is 19.6 Å². The predicted molar refractivity (Wildman–Crippen MR) is 121 cm³/mol. The number of hydrogen-bond donors (Lipinski definition) is 4. The van der Waals surface area contributed by atoms with Gasteiger partial charge in [0.1, 0.15) is 5.82 Å². The zero-order valence-electron chi connectivity index (χ0n) is 18.3. The van der Waals surface area contributed by atoms with Gasteiger partial charge in [-0.2, -0.15) is 0 Å². The van der Waals surface area contributed by atoms with Crippen LogP contribution in [-0.2, 0) is 11.2 Å². The van der Waals surface area contributed by atoms with Gasteiger partial charge in [0.25, 0.3) is 5.91 Å². The first-order valence-electron chi connectivity index (χ1n) is 9.52. The Morgan fingerprint density at radius 3 is 2.10 bits per heavy atom. The number of aliphatic hydroxyl groups excluding tert-OH is 1. The lowest BCUT2D eigenvalue weighted by Crippen LogP contribution is -2.14. The van der Waals surface area contributed by atoms with Crippen LogP contribution in [-0.4, -0.2) is 33.3 Å². The van der Waals surface area contributed by atoms with Crippen molar-refractivity contribution in [2.45, 2.75) is 41.0 Å². The number of aromatic amines is 1. The largest absolute Gasteiger partial charge is 0.400 e. The average molecular weight is 402 g/mol. The van der Waals surface area contributed by atoms with E-state index in [2.05, 4.69) is 9.97 Å². The van der Waals surface area contributed by atoms with Crippen molar-refractivity contribution in [2.75, 3.05) is 7.11 Å². The number of nitrogens with zero attached hydrogens (tertiary/aromatic N) is 1. The topological polar surface area (TPSA) is 98.2 Å². The number of aromatic nitrogens is 2. The van der Waals surface area contributed by atoms with Crippen molar-refractivity contribution >= 4 is 18.1 Å². The van der Waals surface area contributed by atoms with E-state index in [1.54, 1.807) is 17.8 Å². The highest BCUT2D eigenvalue weighted by Crippen LogP contribution is 2.10. The number of benzene rings is 1.